The number of hydrogen-bond donors (Lipinski definition) is 0. The molecule has 0 aliphatic carbocycles. The van der Waals surface area contributed by atoms with E-state index < -0.39 is 0 Å². The number of nitrogens with zero attached hydrogens (tertiary/aromatic N) is 1. The quantitative estimate of drug-likeness (QED) is 0.658. The van der Waals surface area contributed by atoms with E-state index in [2.05, 4.69) is 6.58 Å². The van der Waals surface area contributed by atoms with Crippen molar-refractivity contribution in [3.8, 4) is 11.8 Å². The molecule has 1 rings (SSSR count). The largest absolute Gasteiger partial charge is 0.488 e. The summed E-state index contributed by atoms with van der Waals surface area (Å²) in [6.45, 7) is 5.80. The summed E-state index contributed by atoms with van der Waals surface area (Å²) < 4.78 is 5.29. The maximum Gasteiger partial charge on any atom is 0.123 e. The second kappa shape index (κ2) is 4.32. The lowest BCUT2D eigenvalue weighted by Crippen LogP contribution is -1.98. The van der Waals surface area contributed by atoms with Crippen LogP contribution in [0.25, 0.3) is 0 Å². The minimum absolute atomic E-state index is 0.263. The van der Waals surface area contributed by atoms with Gasteiger partial charge in [0.1, 0.15) is 12.4 Å². The maximum atomic E-state index is 8.43. The van der Waals surface area contributed by atoms with E-state index in [-0.39, 0.29) is 6.61 Å². The fourth-order valence-electron chi connectivity index (χ4n) is 0.837. The summed E-state index contributed by atoms with van der Waals surface area (Å²) in [5.74, 6) is 0.766. The van der Waals surface area contributed by atoms with Crippen molar-refractivity contribution in [1.29, 1.82) is 5.26 Å². The van der Waals surface area contributed by atoms with E-state index in [1.54, 1.807) is 0 Å². The third-order valence-corrected chi connectivity index (χ3v) is 1.59. The van der Waals surface area contributed by atoms with Crippen LogP contribution in [-0.4, -0.2) is 6.61 Å². The standard InChI is InChI=1S/C11H11NO/c1-9-3-5-11(6-4-9)13-8-10(2)7-12/h3-6H,2,8H2,1H3. The van der Waals surface area contributed by atoms with Gasteiger partial charge in [0.15, 0.2) is 0 Å². The van der Waals surface area contributed by atoms with Crippen molar-refractivity contribution >= 4 is 0 Å². The van der Waals surface area contributed by atoms with Crippen molar-refractivity contribution in [3.63, 3.8) is 0 Å². The van der Waals surface area contributed by atoms with Gasteiger partial charge in [-0.3, -0.25) is 0 Å². The maximum absolute atomic E-state index is 8.43. The van der Waals surface area contributed by atoms with E-state index in [0.29, 0.717) is 5.57 Å². The summed E-state index contributed by atoms with van der Waals surface area (Å²) >= 11 is 0. The highest BCUT2D eigenvalue weighted by Crippen LogP contribution is 2.11. The molecule has 0 bridgehead atoms. The zero-order valence-corrected chi connectivity index (χ0v) is 7.58. The van der Waals surface area contributed by atoms with E-state index >= 15 is 0 Å². The SMILES string of the molecule is C=C(C#N)COc1ccc(C)cc1. The predicted molar refractivity (Wildman–Crippen MR) is 51.4 cm³/mol. The van der Waals surface area contributed by atoms with Crippen molar-refractivity contribution in [2.45, 2.75) is 6.92 Å². The Morgan fingerprint density at radius 1 is 1.46 bits per heavy atom. The van der Waals surface area contributed by atoms with Crippen LogP contribution < -0.4 is 4.74 Å². The Morgan fingerprint density at radius 2 is 2.08 bits per heavy atom. The monoisotopic (exact) mass is 173 g/mol. The first kappa shape index (κ1) is 9.34. The lowest BCUT2D eigenvalue weighted by Gasteiger charge is -2.03. The number of rotatable bonds is 3. The van der Waals surface area contributed by atoms with E-state index in [4.69, 9.17) is 10.00 Å². The molecule has 0 aliphatic rings. The average molecular weight is 173 g/mol. The molecule has 0 amide bonds. The number of aryl methyl sites for hydroxylation is 1. The zero-order chi connectivity index (χ0) is 9.68. The predicted octanol–water partition coefficient (Wildman–Crippen LogP) is 2.45. The fourth-order valence-corrected chi connectivity index (χ4v) is 0.837. The van der Waals surface area contributed by atoms with Crippen LogP contribution in [0, 0.1) is 18.3 Å². The molecule has 0 spiro atoms. The van der Waals surface area contributed by atoms with Crippen molar-refractivity contribution in [2.24, 2.45) is 0 Å². The molecule has 0 saturated carbocycles. The molecule has 0 saturated heterocycles. The summed E-state index contributed by atoms with van der Waals surface area (Å²) in [5.41, 5.74) is 1.62. The van der Waals surface area contributed by atoms with E-state index in [1.807, 2.05) is 37.3 Å². The molecule has 1 aromatic rings. The van der Waals surface area contributed by atoms with Gasteiger partial charge in [0, 0.05) is 0 Å². The molecule has 0 aliphatic heterocycles. The molecule has 1 aromatic carbocycles. The summed E-state index contributed by atoms with van der Waals surface area (Å²) in [6, 6.07) is 9.60. The van der Waals surface area contributed by atoms with Gasteiger partial charge in [-0.25, -0.2) is 0 Å². The van der Waals surface area contributed by atoms with Crippen molar-refractivity contribution in [2.75, 3.05) is 6.61 Å². The van der Waals surface area contributed by atoms with Crippen LogP contribution in [0.1, 0.15) is 5.56 Å². The Labute approximate surface area is 78.1 Å². The molecule has 0 aromatic heterocycles. The third-order valence-electron chi connectivity index (χ3n) is 1.59. The summed E-state index contributed by atoms with van der Waals surface area (Å²) in [4.78, 5) is 0. The lowest BCUT2D eigenvalue weighted by atomic mass is 10.2. The lowest BCUT2D eigenvalue weighted by molar-refractivity contribution is 0.357. The van der Waals surface area contributed by atoms with Gasteiger partial charge in [-0.15, -0.1) is 0 Å². The van der Waals surface area contributed by atoms with E-state index in [9.17, 15) is 0 Å². The molecule has 0 heterocycles. The van der Waals surface area contributed by atoms with Crippen molar-refractivity contribution in [3.05, 3.63) is 42.0 Å². The molecule has 2 nitrogen and oxygen atoms in total. The highest BCUT2D eigenvalue weighted by Gasteiger charge is 1.94. The highest BCUT2D eigenvalue weighted by molar-refractivity contribution is 5.27. The summed E-state index contributed by atoms with van der Waals surface area (Å²) in [7, 11) is 0. The van der Waals surface area contributed by atoms with E-state index in [0.717, 1.165) is 5.75 Å². The molecule has 2 heteroatoms. The van der Waals surface area contributed by atoms with Gasteiger partial charge in [0.2, 0.25) is 0 Å². The molecule has 0 radical (unpaired) electrons. The number of nitriles is 1. The Kier molecular flexibility index (Phi) is 3.10. The van der Waals surface area contributed by atoms with Gasteiger partial charge in [-0.2, -0.15) is 5.26 Å². The normalized spacial score (nSPS) is 8.92. The van der Waals surface area contributed by atoms with Gasteiger partial charge in [-0.1, -0.05) is 24.3 Å². The van der Waals surface area contributed by atoms with Gasteiger partial charge < -0.3 is 4.74 Å². The average Bonchev–Trinajstić information content (AvgIpc) is 2.16. The zero-order valence-electron chi connectivity index (χ0n) is 7.58. The van der Waals surface area contributed by atoms with Gasteiger partial charge in [0.25, 0.3) is 0 Å². The summed E-state index contributed by atoms with van der Waals surface area (Å²) in [6.07, 6.45) is 0. The Hall–Kier alpha value is -1.75. The van der Waals surface area contributed by atoms with Crippen LogP contribution in [-0.2, 0) is 0 Å². The van der Waals surface area contributed by atoms with Crippen LogP contribution in [0.3, 0.4) is 0 Å². The fraction of sp³-hybridized carbons (Fsp3) is 0.182. The molecular weight excluding hydrogens is 162 g/mol. The van der Waals surface area contributed by atoms with Crippen LogP contribution in [0.15, 0.2) is 36.4 Å². The number of hydrogen-bond acceptors (Lipinski definition) is 2. The van der Waals surface area contributed by atoms with Crippen molar-refractivity contribution < 1.29 is 4.74 Å². The van der Waals surface area contributed by atoms with Gasteiger partial charge in [-0.05, 0) is 19.1 Å². The minimum atomic E-state index is 0.263. The topological polar surface area (TPSA) is 33.0 Å². The second-order valence-electron chi connectivity index (χ2n) is 2.82. The van der Waals surface area contributed by atoms with E-state index in [1.165, 1.54) is 5.56 Å². The molecule has 0 atom stereocenters. The van der Waals surface area contributed by atoms with Gasteiger partial charge >= 0.3 is 0 Å². The van der Waals surface area contributed by atoms with Crippen LogP contribution in [0.2, 0.25) is 0 Å². The first-order valence-corrected chi connectivity index (χ1v) is 3.99. The third kappa shape index (κ3) is 3.00. The smallest absolute Gasteiger partial charge is 0.123 e. The van der Waals surface area contributed by atoms with Crippen LogP contribution in [0.5, 0.6) is 5.75 Å². The molecule has 66 valence electrons. The first-order valence-electron chi connectivity index (χ1n) is 3.99. The second-order valence-corrected chi connectivity index (χ2v) is 2.82. The number of ether oxygens (including phenoxy) is 1. The van der Waals surface area contributed by atoms with Crippen molar-refractivity contribution in [1.82, 2.24) is 0 Å². The van der Waals surface area contributed by atoms with Crippen LogP contribution >= 0.6 is 0 Å². The molecule has 0 N–H and O–H groups in total. The van der Waals surface area contributed by atoms with Crippen LogP contribution in [0.4, 0.5) is 0 Å². The molecular formula is C11H11NO. The summed E-state index contributed by atoms with van der Waals surface area (Å²) in [5, 5.41) is 8.43. The molecule has 13 heavy (non-hydrogen) atoms. The van der Waals surface area contributed by atoms with Gasteiger partial charge in [0.05, 0.1) is 11.6 Å². The molecule has 0 unspecified atom stereocenters. The molecule has 0 fully saturated rings. The Morgan fingerprint density at radius 3 is 2.62 bits per heavy atom. The highest BCUT2D eigenvalue weighted by atomic mass is 16.5. The Bertz CT molecular complexity index is 332. The Balaban J connectivity index is 2.52. The minimum Gasteiger partial charge on any atom is -0.488 e. The first-order chi connectivity index (χ1) is 6.22. The number of benzene rings is 1.